The van der Waals surface area contributed by atoms with Crippen molar-refractivity contribution in [2.24, 2.45) is 0 Å². The number of nitrogens with one attached hydrogen (secondary N) is 1. The number of fused-ring (bicyclic) bond motifs is 1. The first-order chi connectivity index (χ1) is 10.9. The quantitative estimate of drug-likeness (QED) is 0.847. The van der Waals surface area contributed by atoms with E-state index >= 15 is 0 Å². The first-order valence-corrected chi connectivity index (χ1v) is 9.00. The Kier molecular flexibility index (Phi) is 4.14. The van der Waals surface area contributed by atoms with Crippen LogP contribution in [0.15, 0.2) is 30.7 Å². The fourth-order valence-corrected chi connectivity index (χ4v) is 2.86. The molecular weight excluding hydrogens is 318 g/mol. The highest BCUT2D eigenvalue weighted by Crippen LogP contribution is 2.15. The zero-order valence-electron chi connectivity index (χ0n) is 12.6. The molecule has 0 spiro atoms. The molecule has 1 aliphatic heterocycles. The third-order valence-electron chi connectivity index (χ3n) is 3.56. The summed E-state index contributed by atoms with van der Waals surface area (Å²) in [5.74, 6) is 0.668. The van der Waals surface area contributed by atoms with Crippen LogP contribution in [0, 0.1) is 0 Å². The van der Waals surface area contributed by atoms with Crippen molar-refractivity contribution in [1.82, 2.24) is 24.2 Å². The van der Waals surface area contributed by atoms with Gasteiger partial charge in [-0.05, 0) is 12.1 Å². The van der Waals surface area contributed by atoms with Crippen LogP contribution in [-0.4, -0.2) is 46.6 Å². The van der Waals surface area contributed by atoms with E-state index in [4.69, 9.17) is 0 Å². The minimum Gasteiger partial charge on any atom is -0.331 e. The first kappa shape index (κ1) is 15.6. The Morgan fingerprint density at radius 2 is 2.22 bits per heavy atom. The summed E-state index contributed by atoms with van der Waals surface area (Å²) in [5.41, 5.74) is 1.19. The van der Waals surface area contributed by atoms with Gasteiger partial charge in [0.15, 0.2) is 0 Å². The number of hydrogen-bond acceptors (Lipinski definition) is 5. The van der Waals surface area contributed by atoms with Gasteiger partial charge < -0.3 is 9.47 Å². The molecule has 1 amide bonds. The normalized spacial score (nSPS) is 14.6. The van der Waals surface area contributed by atoms with Crippen molar-refractivity contribution < 1.29 is 13.2 Å². The van der Waals surface area contributed by atoms with Crippen molar-refractivity contribution in [3.8, 4) is 0 Å². The molecule has 0 saturated carbocycles. The predicted molar refractivity (Wildman–Crippen MR) is 82.9 cm³/mol. The van der Waals surface area contributed by atoms with Gasteiger partial charge in [0, 0.05) is 31.7 Å². The van der Waals surface area contributed by atoms with Crippen LogP contribution < -0.4 is 4.72 Å². The van der Waals surface area contributed by atoms with Crippen LogP contribution in [0.25, 0.3) is 0 Å². The Labute approximate surface area is 134 Å². The number of imidazole rings is 1. The molecule has 0 unspecified atom stereocenters. The Morgan fingerprint density at radius 1 is 1.39 bits per heavy atom. The summed E-state index contributed by atoms with van der Waals surface area (Å²) >= 11 is 0. The number of aromatic nitrogens is 3. The number of pyridine rings is 1. The monoisotopic (exact) mass is 335 g/mol. The molecular formula is C14H17N5O3S. The lowest BCUT2D eigenvalue weighted by Gasteiger charge is -2.27. The van der Waals surface area contributed by atoms with Gasteiger partial charge in [-0.1, -0.05) is 0 Å². The van der Waals surface area contributed by atoms with Gasteiger partial charge in [-0.2, -0.15) is 0 Å². The molecule has 0 saturated heterocycles. The van der Waals surface area contributed by atoms with Crippen molar-refractivity contribution >= 4 is 15.9 Å². The van der Waals surface area contributed by atoms with Crippen LogP contribution >= 0.6 is 0 Å². The molecule has 8 nitrogen and oxygen atoms in total. The second kappa shape index (κ2) is 6.09. The van der Waals surface area contributed by atoms with Crippen LogP contribution in [0.3, 0.4) is 0 Å². The van der Waals surface area contributed by atoms with E-state index in [9.17, 15) is 13.2 Å². The highest BCUT2D eigenvalue weighted by Gasteiger charge is 2.23. The first-order valence-electron chi connectivity index (χ1n) is 7.11. The number of hydrogen-bond donors (Lipinski definition) is 1. The molecule has 0 aromatic carbocycles. The summed E-state index contributed by atoms with van der Waals surface area (Å²) in [7, 11) is -3.25. The van der Waals surface area contributed by atoms with E-state index in [0.29, 0.717) is 30.9 Å². The van der Waals surface area contributed by atoms with E-state index in [1.165, 1.54) is 0 Å². The Balaban J connectivity index is 1.71. The molecule has 1 N–H and O–H groups in total. The SMILES string of the molecule is CS(=O)(=O)NCc1cn2c(n1)CN(C(=O)c1cccnc1)CC2. The average Bonchev–Trinajstić information content (AvgIpc) is 2.94. The molecule has 122 valence electrons. The summed E-state index contributed by atoms with van der Waals surface area (Å²) in [5, 5.41) is 0. The summed E-state index contributed by atoms with van der Waals surface area (Å²) in [6.07, 6.45) is 6.10. The van der Waals surface area contributed by atoms with Crippen molar-refractivity contribution in [2.45, 2.75) is 19.6 Å². The molecule has 1 aliphatic rings. The maximum Gasteiger partial charge on any atom is 0.255 e. The van der Waals surface area contributed by atoms with Gasteiger partial charge in [-0.3, -0.25) is 9.78 Å². The minimum atomic E-state index is -3.25. The average molecular weight is 335 g/mol. The maximum atomic E-state index is 12.4. The Morgan fingerprint density at radius 3 is 2.91 bits per heavy atom. The van der Waals surface area contributed by atoms with Crippen molar-refractivity contribution in [3.05, 3.63) is 47.8 Å². The smallest absolute Gasteiger partial charge is 0.255 e. The molecule has 3 rings (SSSR count). The maximum absolute atomic E-state index is 12.4. The van der Waals surface area contributed by atoms with Crippen LogP contribution in [0.2, 0.25) is 0 Å². The molecule has 0 aliphatic carbocycles. The molecule has 3 heterocycles. The lowest BCUT2D eigenvalue weighted by atomic mass is 10.2. The third-order valence-corrected chi connectivity index (χ3v) is 4.23. The Bertz CT molecular complexity index is 816. The number of amides is 1. The third kappa shape index (κ3) is 3.74. The van der Waals surface area contributed by atoms with Crippen molar-refractivity contribution in [1.29, 1.82) is 0 Å². The van der Waals surface area contributed by atoms with Crippen LogP contribution in [-0.2, 0) is 29.7 Å². The standard InChI is InChI=1S/C14H17N5O3S/c1-23(21,22)16-8-12-9-18-5-6-19(10-13(18)17-12)14(20)11-3-2-4-15-7-11/h2-4,7,9,16H,5-6,8,10H2,1H3. The second-order valence-electron chi connectivity index (χ2n) is 5.40. The number of carbonyl (C=O) groups excluding carboxylic acids is 1. The zero-order valence-corrected chi connectivity index (χ0v) is 13.5. The molecule has 23 heavy (non-hydrogen) atoms. The van der Waals surface area contributed by atoms with E-state index in [0.717, 1.165) is 12.1 Å². The number of carbonyl (C=O) groups is 1. The van der Waals surface area contributed by atoms with Gasteiger partial charge in [0.2, 0.25) is 10.0 Å². The van der Waals surface area contributed by atoms with Gasteiger partial charge in [0.1, 0.15) is 5.82 Å². The van der Waals surface area contributed by atoms with Crippen molar-refractivity contribution in [2.75, 3.05) is 12.8 Å². The zero-order chi connectivity index (χ0) is 16.4. The number of rotatable bonds is 4. The van der Waals surface area contributed by atoms with E-state index in [1.54, 1.807) is 29.4 Å². The predicted octanol–water partition coefficient (Wildman–Crippen LogP) is -0.0167. The molecule has 0 radical (unpaired) electrons. The van der Waals surface area contributed by atoms with E-state index in [1.807, 2.05) is 10.8 Å². The van der Waals surface area contributed by atoms with E-state index in [-0.39, 0.29) is 12.5 Å². The van der Waals surface area contributed by atoms with E-state index in [2.05, 4.69) is 14.7 Å². The fourth-order valence-electron chi connectivity index (χ4n) is 2.45. The second-order valence-corrected chi connectivity index (χ2v) is 7.24. The largest absolute Gasteiger partial charge is 0.331 e. The molecule has 0 bridgehead atoms. The molecule has 2 aromatic rings. The van der Waals surface area contributed by atoms with Gasteiger partial charge >= 0.3 is 0 Å². The lowest BCUT2D eigenvalue weighted by Crippen LogP contribution is -2.38. The highest BCUT2D eigenvalue weighted by atomic mass is 32.2. The lowest BCUT2D eigenvalue weighted by molar-refractivity contribution is 0.0707. The van der Waals surface area contributed by atoms with Gasteiger partial charge in [0.05, 0.1) is 30.6 Å². The topological polar surface area (TPSA) is 97.2 Å². The fraction of sp³-hybridized carbons (Fsp3) is 0.357. The Hall–Kier alpha value is -2.26. The van der Waals surface area contributed by atoms with E-state index < -0.39 is 10.0 Å². The van der Waals surface area contributed by atoms with Crippen LogP contribution in [0.4, 0.5) is 0 Å². The minimum absolute atomic E-state index is 0.0804. The summed E-state index contributed by atoms with van der Waals surface area (Å²) in [6.45, 7) is 1.76. The van der Waals surface area contributed by atoms with Gasteiger partial charge in [-0.25, -0.2) is 18.1 Å². The summed E-state index contributed by atoms with van der Waals surface area (Å²) < 4.78 is 26.6. The number of nitrogens with zero attached hydrogens (tertiary/aromatic N) is 4. The summed E-state index contributed by atoms with van der Waals surface area (Å²) in [6, 6.07) is 3.46. The van der Waals surface area contributed by atoms with Crippen LogP contribution in [0.1, 0.15) is 21.9 Å². The number of sulfonamides is 1. The van der Waals surface area contributed by atoms with Gasteiger partial charge in [-0.15, -0.1) is 0 Å². The molecule has 2 aromatic heterocycles. The van der Waals surface area contributed by atoms with Crippen molar-refractivity contribution in [3.63, 3.8) is 0 Å². The molecule has 0 atom stereocenters. The van der Waals surface area contributed by atoms with Gasteiger partial charge in [0.25, 0.3) is 5.91 Å². The molecule has 9 heteroatoms. The van der Waals surface area contributed by atoms with Crippen LogP contribution in [0.5, 0.6) is 0 Å². The highest BCUT2D eigenvalue weighted by molar-refractivity contribution is 7.88. The molecule has 0 fully saturated rings. The summed E-state index contributed by atoms with van der Waals surface area (Å²) in [4.78, 5) is 22.5.